The minimum absolute atomic E-state index is 0.0437. The van der Waals surface area contributed by atoms with Gasteiger partial charge in [0.2, 0.25) is 0 Å². The smallest absolute Gasteiger partial charge is 0.260 e. The number of rotatable bonds is 5. The number of nitrogens with zero attached hydrogens (tertiary/aromatic N) is 6. The molecule has 0 saturated heterocycles. The molecule has 1 atom stereocenters. The zero-order valence-corrected chi connectivity index (χ0v) is 16.5. The maximum absolute atomic E-state index is 12.4. The van der Waals surface area contributed by atoms with Crippen molar-refractivity contribution in [2.75, 3.05) is 11.9 Å². The van der Waals surface area contributed by atoms with Gasteiger partial charge in [-0.2, -0.15) is 0 Å². The molecule has 4 aromatic rings. The number of fused-ring (bicyclic) bond motifs is 1. The van der Waals surface area contributed by atoms with Crippen molar-refractivity contribution in [2.45, 2.75) is 19.8 Å². The largest absolute Gasteiger partial charge is 0.369 e. The first-order valence-corrected chi connectivity index (χ1v) is 9.32. The van der Waals surface area contributed by atoms with Gasteiger partial charge in [-0.15, -0.1) is 0 Å². The molecular formula is C21H21N7O. The van der Waals surface area contributed by atoms with Crippen molar-refractivity contribution in [3.63, 3.8) is 0 Å². The first-order chi connectivity index (χ1) is 14.0. The lowest BCUT2D eigenvalue weighted by Gasteiger charge is -2.15. The molecular weight excluding hydrogens is 366 g/mol. The van der Waals surface area contributed by atoms with Gasteiger partial charge in [-0.25, -0.2) is 24.9 Å². The summed E-state index contributed by atoms with van der Waals surface area (Å²) < 4.78 is 1.49. The number of aryl methyl sites for hydroxylation is 2. The van der Waals surface area contributed by atoms with Crippen LogP contribution in [-0.2, 0) is 7.05 Å². The molecule has 3 aromatic heterocycles. The van der Waals surface area contributed by atoms with E-state index in [1.807, 2.05) is 31.2 Å². The van der Waals surface area contributed by atoms with Crippen molar-refractivity contribution in [2.24, 2.45) is 7.05 Å². The van der Waals surface area contributed by atoms with E-state index in [-0.39, 0.29) is 11.5 Å². The molecule has 0 fully saturated rings. The van der Waals surface area contributed by atoms with E-state index in [1.54, 1.807) is 25.8 Å². The van der Waals surface area contributed by atoms with Gasteiger partial charge in [-0.05, 0) is 18.6 Å². The van der Waals surface area contributed by atoms with E-state index in [0.717, 1.165) is 22.3 Å². The molecule has 8 heteroatoms. The molecule has 0 radical (unpaired) electrons. The first-order valence-electron chi connectivity index (χ1n) is 9.32. The lowest BCUT2D eigenvalue weighted by Crippen LogP contribution is -2.18. The van der Waals surface area contributed by atoms with E-state index in [4.69, 9.17) is 0 Å². The molecule has 0 amide bonds. The first kappa shape index (κ1) is 18.7. The molecule has 146 valence electrons. The molecule has 0 aliphatic carbocycles. The highest BCUT2D eigenvalue weighted by Crippen LogP contribution is 2.23. The van der Waals surface area contributed by atoms with E-state index in [2.05, 4.69) is 37.2 Å². The number of anilines is 1. The molecule has 0 bridgehead atoms. The van der Waals surface area contributed by atoms with Crippen LogP contribution in [0.25, 0.3) is 22.2 Å². The average Bonchev–Trinajstić information content (AvgIpc) is 2.75. The fourth-order valence-corrected chi connectivity index (χ4v) is 3.17. The number of benzene rings is 1. The van der Waals surface area contributed by atoms with Crippen LogP contribution in [0, 0.1) is 6.92 Å². The van der Waals surface area contributed by atoms with Gasteiger partial charge >= 0.3 is 0 Å². The molecule has 0 unspecified atom stereocenters. The van der Waals surface area contributed by atoms with Gasteiger partial charge < -0.3 is 9.88 Å². The maximum atomic E-state index is 12.4. The van der Waals surface area contributed by atoms with Crippen LogP contribution in [-0.4, -0.2) is 36.0 Å². The Morgan fingerprint density at radius 1 is 1.10 bits per heavy atom. The van der Waals surface area contributed by atoms with Crippen molar-refractivity contribution >= 4 is 16.7 Å². The topological polar surface area (TPSA) is 98.5 Å². The number of hydrogen-bond acceptors (Lipinski definition) is 7. The number of hydrogen-bond donors (Lipinski definition) is 1. The fraction of sp³-hybridized carbons (Fsp3) is 0.238. The van der Waals surface area contributed by atoms with Crippen molar-refractivity contribution in [1.29, 1.82) is 0 Å². The third kappa shape index (κ3) is 3.82. The van der Waals surface area contributed by atoms with Crippen LogP contribution in [0.5, 0.6) is 0 Å². The molecule has 0 saturated carbocycles. The number of para-hydroxylation sites is 1. The molecule has 0 aliphatic heterocycles. The summed E-state index contributed by atoms with van der Waals surface area (Å²) in [5, 5.41) is 3.98. The van der Waals surface area contributed by atoms with Crippen LogP contribution in [0.3, 0.4) is 0 Å². The van der Waals surface area contributed by atoms with Gasteiger partial charge in [0, 0.05) is 43.5 Å². The van der Waals surface area contributed by atoms with Gasteiger partial charge in [0.15, 0.2) is 0 Å². The highest BCUT2D eigenvalue weighted by atomic mass is 16.1. The van der Waals surface area contributed by atoms with Crippen molar-refractivity contribution < 1.29 is 0 Å². The highest BCUT2D eigenvalue weighted by molar-refractivity contribution is 5.81. The minimum atomic E-state index is -0.0437. The van der Waals surface area contributed by atoms with Crippen molar-refractivity contribution in [3.8, 4) is 11.3 Å². The Balaban J connectivity index is 1.55. The lowest BCUT2D eigenvalue weighted by atomic mass is 9.98. The Morgan fingerprint density at radius 2 is 1.90 bits per heavy atom. The molecule has 1 N–H and O–H groups in total. The summed E-state index contributed by atoms with van der Waals surface area (Å²) in [7, 11) is 1.71. The summed E-state index contributed by atoms with van der Waals surface area (Å²) in [6, 6.07) is 7.60. The molecule has 29 heavy (non-hydrogen) atoms. The van der Waals surface area contributed by atoms with Gasteiger partial charge in [0.1, 0.15) is 18.0 Å². The summed E-state index contributed by atoms with van der Waals surface area (Å²) in [5.41, 5.74) is 3.31. The Kier molecular flexibility index (Phi) is 4.99. The summed E-state index contributed by atoms with van der Waals surface area (Å²) >= 11 is 0. The maximum Gasteiger partial charge on any atom is 0.260 e. The van der Waals surface area contributed by atoms with Gasteiger partial charge in [0.25, 0.3) is 5.56 Å². The van der Waals surface area contributed by atoms with E-state index < -0.39 is 0 Å². The summed E-state index contributed by atoms with van der Waals surface area (Å²) in [4.78, 5) is 33.9. The Hall–Kier alpha value is -3.68. The Bertz CT molecular complexity index is 1220. The summed E-state index contributed by atoms with van der Waals surface area (Å²) in [5.74, 6) is 1.56. The minimum Gasteiger partial charge on any atom is -0.369 e. The number of aromatic nitrogens is 6. The van der Waals surface area contributed by atoms with E-state index in [1.165, 1.54) is 10.9 Å². The third-order valence-corrected chi connectivity index (χ3v) is 4.84. The van der Waals surface area contributed by atoms with Gasteiger partial charge in [0.05, 0.1) is 22.9 Å². The average molecular weight is 387 g/mol. The molecule has 0 aliphatic rings. The van der Waals surface area contributed by atoms with E-state index in [9.17, 15) is 4.79 Å². The van der Waals surface area contributed by atoms with Crippen LogP contribution in [0.4, 0.5) is 5.82 Å². The van der Waals surface area contributed by atoms with Crippen LogP contribution in [0.2, 0.25) is 0 Å². The van der Waals surface area contributed by atoms with Crippen LogP contribution in [0.15, 0.2) is 54.1 Å². The predicted octanol–water partition coefficient (Wildman–Crippen LogP) is 2.70. The molecule has 0 spiro atoms. The van der Waals surface area contributed by atoms with Crippen molar-refractivity contribution in [3.05, 3.63) is 71.1 Å². The van der Waals surface area contributed by atoms with Crippen LogP contribution in [0.1, 0.15) is 24.2 Å². The lowest BCUT2D eigenvalue weighted by molar-refractivity contribution is 0.798. The second-order valence-corrected chi connectivity index (χ2v) is 6.99. The van der Waals surface area contributed by atoms with E-state index in [0.29, 0.717) is 23.6 Å². The Labute approximate surface area is 167 Å². The van der Waals surface area contributed by atoms with Gasteiger partial charge in [-0.1, -0.05) is 19.1 Å². The predicted molar refractivity (Wildman–Crippen MR) is 112 cm³/mol. The molecule has 3 heterocycles. The van der Waals surface area contributed by atoms with Crippen LogP contribution >= 0.6 is 0 Å². The zero-order chi connectivity index (χ0) is 20.4. The Morgan fingerprint density at radius 3 is 2.69 bits per heavy atom. The second-order valence-electron chi connectivity index (χ2n) is 6.99. The number of nitrogens with one attached hydrogen (secondary N) is 1. The fourth-order valence-electron chi connectivity index (χ4n) is 3.17. The highest BCUT2D eigenvalue weighted by Gasteiger charge is 2.13. The van der Waals surface area contributed by atoms with E-state index >= 15 is 0 Å². The SMILES string of the molecule is Cc1ncc(-c2cc(NC[C@@H](C)c3cccc4c(=O)n(C)cnc34)ncn2)cn1. The monoisotopic (exact) mass is 387 g/mol. The second kappa shape index (κ2) is 7.75. The third-order valence-electron chi connectivity index (χ3n) is 4.84. The quantitative estimate of drug-likeness (QED) is 0.562. The van der Waals surface area contributed by atoms with Gasteiger partial charge in [-0.3, -0.25) is 4.79 Å². The molecule has 8 nitrogen and oxygen atoms in total. The zero-order valence-electron chi connectivity index (χ0n) is 16.5. The van der Waals surface area contributed by atoms with Crippen molar-refractivity contribution in [1.82, 2.24) is 29.5 Å². The molecule has 4 rings (SSSR count). The standard InChI is InChI=1S/C21H21N7O/c1-13(16-5-4-6-17-20(16)27-12-28(3)21(17)29)8-24-19-7-18(25-11-26-19)15-9-22-14(2)23-10-15/h4-7,9-13H,8H2,1-3H3,(H,24,25,26)/t13-/m1/s1. The molecule has 1 aromatic carbocycles. The summed E-state index contributed by atoms with van der Waals surface area (Å²) in [6.45, 7) is 4.57. The summed E-state index contributed by atoms with van der Waals surface area (Å²) in [6.07, 6.45) is 6.58. The normalized spacial score (nSPS) is 12.1. The van der Waals surface area contributed by atoms with Crippen LogP contribution < -0.4 is 10.9 Å².